The third-order valence-electron chi connectivity index (χ3n) is 3.54. The van der Waals surface area contributed by atoms with E-state index in [0.717, 1.165) is 36.2 Å². The van der Waals surface area contributed by atoms with Crippen molar-refractivity contribution in [3.05, 3.63) is 29.3 Å². The van der Waals surface area contributed by atoms with Gasteiger partial charge in [0, 0.05) is 18.9 Å². The molecule has 0 aromatic heterocycles. The summed E-state index contributed by atoms with van der Waals surface area (Å²) in [6, 6.07) is 5.97. The van der Waals surface area contributed by atoms with Gasteiger partial charge in [0.1, 0.15) is 0 Å². The second-order valence-corrected chi connectivity index (χ2v) is 5.71. The molecule has 0 spiro atoms. The van der Waals surface area contributed by atoms with Crippen molar-refractivity contribution in [1.29, 1.82) is 0 Å². The molecule has 0 aliphatic heterocycles. The fourth-order valence-corrected chi connectivity index (χ4v) is 2.20. The van der Waals surface area contributed by atoms with Gasteiger partial charge in [-0.25, -0.2) is 0 Å². The molecule has 0 fully saturated rings. The van der Waals surface area contributed by atoms with Crippen LogP contribution in [0.4, 0.5) is 5.69 Å². The van der Waals surface area contributed by atoms with Crippen molar-refractivity contribution in [2.45, 2.75) is 26.7 Å². The van der Waals surface area contributed by atoms with Gasteiger partial charge in [0.2, 0.25) is 5.91 Å². The molecule has 1 aromatic rings. The first-order chi connectivity index (χ1) is 11.6. The topological polar surface area (TPSA) is 85.6 Å². The van der Waals surface area contributed by atoms with E-state index < -0.39 is 0 Å². The lowest BCUT2D eigenvalue weighted by atomic mass is 10.1. The number of rotatable bonds is 13. The van der Waals surface area contributed by atoms with Gasteiger partial charge in [-0.1, -0.05) is 18.2 Å². The van der Waals surface area contributed by atoms with Crippen LogP contribution in [0.1, 0.15) is 24.0 Å². The monoisotopic (exact) mass is 337 g/mol. The highest BCUT2D eigenvalue weighted by molar-refractivity contribution is 5.93. The van der Waals surface area contributed by atoms with E-state index in [9.17, 15) is 4.79 Å². The Balaban J connectivity index is 2.00. The number of nitrogens with one attached hydrogen (secondary N) is 2. The molecule has 1 amide bonds. The summed E-state index contributed by atoms with van der Waals surface area (Å²) in [6.45, 7) is 8.24. The minimum atomic E-state index is -0.0263. The van der Waals surface area contributed by atoms with Crippen LogP contribution in [-0.2, 0) is 14.3 Å². The van der Waals surface area contributed by atoms with Gasteiger partial charge in [0.25, 0.3) is 0 Å². The van der Waals surface area contributed by atoms with Gasteiger partial charge in [0.05, 0.1) is 19.8 Å². The molecule has 0 bridgehead atoms. The van der Waals surface area contributed by atoms with Gasteiger partial charge in [-0.15, -0.1) is 0 Å². The van der Waals surface area contributed by atoms with E-state index >= 15 is 0 Å². The summed E-state index contributed by atoms with van der Waals surface area (Å²) in [7, 11) is 0. The smallest absolute Gasteiger partial charge is 0.238 e. The second kappa shape index (κ2) is 12.9. The molecular weight excluding hydrogens is 306 g/mol. The quantitative estimate of drug-likeness (QED) is 0.476. The van der Waals surface area contributed by atoms with Gasteiger partial charge in [-0.05, 0) is 50.9 Å². The molecule has 24 heavy (non-hydrogen) atoms. The molecule has 136 valence electrons. The molecule has 4 N–H and O–H groups in total. The maximum absolute atomic E-state index is 11.9. The van der Waals surface area contributed by atoms with Crippen molar-refractivity contribution < 1.29 is 14.3 Å². The first-order valence-corrected chi connectivity index (χ1v) is 8.57. The number of hydrogen-bond donors (Lipinski definition) is 3. The highest BCUT2D eigenvalue weighted by Gasteiger charge is 2.06. The molecular formula is C18H31N3O3. The summed E-state index contributed by atoms with van der Waals surface area (Å²) in [5, 5.41) is 6.08. The summed E-state index contributed by atoms with van der Waals surface area (Å²) >= 11 is 0. The molecule has 0 radical (unpaired) electrons. The van der Waals surface area contributed by atoms with Gasteiger partial charge in [0.15, 0.2) is 0 Å². The molecule has 0 aliphatic rings. The van der Waals surface area contributed by atoms with Gasteiger partial charge >= 0.3 is 0 Å². The Hall–Kier alpha value is -1.47. The predicted molar refractivity (Wildman–Crippen MR) is 97.3 cm³/mol. The van der Waals surface area contributed by atoms with Gasteiger partial charge < -0.3 is 25.8 Å². The Labute approximate surface area is 145 Å². The Morgan fingerprint density at radius 3 is 2.29 bits per heavy atom. The third-order valence-corrected chi connectivity index (χ3v) is 3.54. The summed E-state index contributed by atoms with van der Waals surface area (Å²) in [6.07, 6.45) is 1.74. The summed E-state index contributed by atoms with van der Waals surface area (Å²) < 4.78 is 10.8. The van der Waals surface area contributed by atoms with E-state index in [-0.39, 0.29) is 5.91 Å². The number of ether oxygens (including phenoxy) is 2. The Morgan fingerprint density at radius 2 is 1.67 bits per heavy atom. The minimum absolute atomic E-state index is 0.0263. The SMILES string of the molecule is Cc1cccc(C)c1NC(=O)CNCCCOCCOCCCN. The average Bonchev–Trinajstić information content (AvgIpc) is 2.56. The molecule has 0 heterocycles. The molecule has 6 heteroatoms. The molecule has 0 aliphatic carbocycles. The number of aryl methyl sites for hydroxylation is 2. The lowest BCUT2D eigenvalue weighted by Gasteiger charge is -2.12. The summed E-state index contributed by atoms with van der Waals surface area (Å²) in [4.78, 5) is 11.9. The lowest BCUT2D eigenvalue weighted by Crippen LogP contribution is -2.29. The van der Waals surface area contributed by atoms with Crippen LogP contribution in [0.3, 0.4) is 0 Å². The number of anilines is 1. The normalized spacial score (nSPS) is 10.8. The zero-order valence-corrected chi connectivity index (χ0v) is 14.9. The molecule has 1 rings (SSSR count). The number of amides is 1. The van der Waals surface area contributed by atoms with Crippen LogP contribution < -0.4 is 16.4 Å². The first-order valence-electron chi connectivity index (χ1n) is 8.57. The van der Waals surface area contributed by atoms with Crippen molar-refractivity contribution in [2.75, 3.05) is 51.4 Å². The van der Waals surface area contributed by atoms with Crippen LogP contribution in [0.25, 0.3) is 0 Å². The molecule has 0 atom stereocenters. The third kappa shape index (κ3) is 8.98. The van der Waals surface area contributed by atoms with Crippen molar-refractivity contribution in [1.82, 2.24) is 5.32 Å². The van der Waals surface area contributed by atoms with E-state index in [2.05, 4.69) is 10.6 Å². The average molecular weight is 337 g/mol. The molecule has 0 unspecified atom stereocenters. The van der Waals surface area contributed by atoms with Gasteiger partial charge in [-0.2, -0.15) is 0 Å². The minimum Gasteiger partial charge on any atom is -0.379 e. The van der Waals surface area contributed by atoms with E-state index in [4.69, 9.17) is 15.2 Å². The van der Waals surface area contributed by atoms with Crippen LogP contribution in [-0.4, -0.2) is 52.0 Å². The van der Waals surface area contributed by atoms with Crippen molar-refractivity contribution in [3.63, 3.8) is 0 Å². The molecule has 6 nitrogen and oxygen atoms in total. The van der Waals surface area contributed by atoms with Crippen molar-refractivity contribution in [3.8, 4) is 0 Å². The maximum Gasteiger partial charge on any atom is 0.238 e. The number of hydrogen-bond acceptors (Lipinski definition) is 5. The van der Waals surface area contributed by atoms with Crippen LogP contribution >= 0.6 is 0 Å². The molecule has 0 saturated heterocycles. The van der Waals surface area contributed by atoms with Crippen molar-refractivity contribution >= 4 is 11.6 Å². The zero-order valence-electron chi connectivity index (χ0n) is 14.9. The van der Waals surface area contributed by atoms with Crippen LogP contribution in [0.15, 0.2) is 18.2 Å². The first kappa shape index (κ1) is 20.6. The standard InChI is InChI=1S/C18H31N3O3/c1-15-6-3-7-16(2)18(15)21-17(22)14-20-9-5-11-24-13-12-23-10-4-8-19/h3,6-7,20H,4-5,8-14,19H2,1-2H3,(H,21,22). The summed E-state index contributed by atoms with van der Waals surface area (Å²) in [5.74, 6) is -0.0263. The van der Waals surface area contributed by atoms with E-state index in [1.54, 1.807) is 0 Å². The Kier molecular flexibility index (Phi) is 11.1. The zero-order chi connectivity index (χ0) is 17.6. The van der Waals surface area contributed by atoms with Crippen LogP contribution in [0.5, 0.6) is 0 Å². The van der Waals surface area contributed by atoms with Crippen LogP contribution in [0.2, 0.25) is 0 Å². The number of carbonyl (C=O) groups is 1. The van der Waals surface area contributed by atoms with Gasteiger partial charge in [-0.3, -0.25) is 4.79 Å². The highest BCUT2D eigenvalue weighted by atomic mass is 16.5. The number of benzene rings is 1. The highest BCUT2D eigenvalue weighted by Crippen LogP contribution is 2.18. The molecule has 0 saturated carbocycles. The fraction of sp³-hybridized carbons (Fsp3) is 0.611. The molecule has 1 aromatic carbocycles. The van der Waals surface area contributed by atoms with E-state index in [1.165, 1.54) is 0 Å². The number of para-hydroxylation sites is 1. The summed E-state index contributed by atoms with van der Waals surface area (Å²) in [5.41, 5.74) is 8.42. The largest absolute Gasteiger partial charge is 0.379 e. The lowest BCUT2D eigenvalue weighted by molar-refractivity contribution is -0.115. The Bertz CT molecular complexity index is 460. The van der Waals surface area contributed by atoms with Crippen molar-refractivity contribution in [2.24, 2.45) is 5.73 Å². The maximum atomic E-state index is 11.9. The predicted octanol–water partition coefficient (Wildman–Crippen LogP) is 1.60. The second-order valence-electron chi connectivity index (χ2n) is 5.71. The van der Waals surface area contributed by atoms with E-state index in [0.29, 0.717) is 39.5 Å². The Morgan fingerprint density at radius 1 is 1.04 bits per heavy atom. The number of nitrogens with two attached hydrogens (primary N) is 1. The fourth-order valence-electron chi connectivity index (χ4n) is 2.20. The van der Waals surface area contributed by atoms with Crippen LogP contribution in [0, 0.1) is 13.8 Å². The number of carbonyl (C=O) groups excluding carboxylic acids is 1. The van der Waals surface area contributed by atoms with E-state index in [1.807, 2.05) is 32.0 Å².